The van der Waals surface area contributed by atoms with E-state index in [4.69, 9.17) is 10.8 Å². The summed E-state index contributed by atoms with van der Waals surface area (Å²) in [6, 6.07) is 2.38. The Balaban J connectivity index is 2.94. The van der Waals surface area contributed by atoms with Gasteiger partial charge in [-0.25, -0.2) is 8.42 Å². The van der Waals surface area contributed by atoms with E-state index in [2.05, 4.69) is 0 Å². The smallest absolute Gasteiger partial charge is 0.321 e. The molecule has 0 radical (unpaired) electrons. The van der Waals surface area contributed by atoms with E-state index in [1.54, 1.807) is 0 Å². The van der Waals surface area contributed by atoms with Gasteiger partial charge in [-0.1, -0.05) is 0 Å². The highest BCUT2D eigenvalue weighted by Crippen LogP contribution is 2.16. The van der Waals surface area contributed by atoms with Crippen LogP contribution in [0.3, 0.4) is 0 Å². The Morgan fingerprint density at radius 1 is 1.32 bits per heavy atom. The number of nitrogens with zero attached hydrogens (tertiary/aromatic N) is 1. The maximum absolute atomic E-state index is 12.0. The molecule has 1 atom stereocenters. The van der Waals surface area contributed by atoms with Gasteiger partial charge in [-0.2, -0.15) is 4.72 Å². The minimum absolute atomic E-state index is 0.303. The number of primary amides is 1. The third-order valence-electron chi connectivity index (χ3n) is 2.63. The normalized spacial score (nSPS) is 12.5. The third kappa shape index (κ3) is 4.79. The fourth-order valence-electron chi connectivity index (χ4n) is 1.52. The van der Waals surface area contributed by atoms with Crippen molar-refractivity contribution in [2.24, 2.45) is 5.73 Å². The molecule has 1 aromatic rings. The number of sulfonamides is 1. The number of amides is 1. The maximum Gasteiger partial charge on any atom is 0.321 e. The minimum Gasteiger partial charge on any atom is -0.480 e. The first-order valence-electron chi connectivity index (χ1n) is 5.91. The van der Waals surface area contributed by atoms with Gasteiger partial charge < -0.3 is 10.8 Å². The van der Waals surface area contributed by atoms with Crippen LogP contribution in [0.2, 0.25) is 0 Å². The van der Waals surface area contributed by atoms with Gasteiger partial charge in [0.25, 0.3) is 5.69 Å². The predicted molar refractivity (Wildman–Crippen MR) is 73.3 cm³/mol. The summed E-state index contributed by atoms with van der Waals surface area (Å²) < 4.78 is 25.9. The van der Waals surface area contributed by atoms with Crippen molar-refractivity contribution in [2.45, 2.75) is 23.8 Å². The van der Waals surface area contributed by atoms with Gasteiger partial charge in [-0.3, -0.25) is 19.7 Å². The van der Waals surface area contributed by atoms with Gasteiger partial charge in [0, 0.05) is 18.6 Å². The molecule has 22 heavy (non-hydrogen) atoms. The van der Waals surface area contributed by atoms with Crippen LogP contribution in [0.25, 0.3) is 0 Å². The summed E-state index contributed by atoms with van der Waals surface area (Å²) in [5.41, 5.74) is 4.58. The van der Waals surface area contributed by atoms with Crippen molar-refractivity contribution in [2.75, 3.05) is 0 Å². The summed E-state index contributed by atoms with van der Waals surface area (Å²) in [7, 11) is -4.20. The van der Waals surface area contributed by atoms with E-state index in [-0.39, 0.29) is 23.4 Å². The Morgan fingerprint density at radius 3 is 2.27 bits per heavy atom. The molecule has 0 fully saturated rings. The molecule has 1 amide bonds. The van der Waals surface area contributed by atoms with Gasteiger partial charge in [-0.05, 0) is 18.6 Å². The van der Waals surface area contributed by atoms with E-state index in [1.807, 2.05) is 4.72 Å². The van der Waals surface area contributed by atoms with E-state index >= 15 is 0 Å². The molecule has 0 aliphatic carbocycles. The van der Waals surface area contributed by atoms with Crippen LogP contribution in [0, 0.1) is 10.1 Å². The lowest BCUT2D eigenvalue weighted by Gasteiger charge is -2.14. The number of carboxylic acid groups (broad SMARTS) is 1. The highest BCUT2D eigenvalue weighted by Gasteiger charge is 2.26. The molecule has 0 saturated carbocycles. The molecule has 0 unspecified atom stereocenters. The summed E-state index contributed by atoms with van der Waals surface area (Å²) in [5.74, 6) is -2.23. The first-order valence-corrected chi connectivity index (χ1v) is 7.39. The predicted octanol–water partition coefficient (Wildman–Crippen LogP) is -0.408. The lowest BCUT2D eigenvalue weighted by Crippen LogP contribution is -2.41. The number of hydrogen-bond donors (Lipinski definition) is 3. The number of non-ortho nitro benzene ring substituents is 1. The standard InChI is InChI=1S/C11H13N3O7S/c12-10(15)6-5-9(11(16)17)13-22(20,21)8-3-1-7(2-4-8)14(18)19/h1-4,9,13H,5-6H2,(H2,12,15)(H,16,17)/t9-/m0/s1. The number of nitrogens with two attached hydrogens (primary N) is 1. The fourth-order valence-corrected chi connectivity index (χ4v) is 2.75. The van der Waals surface area contributed by atoms with Crippen molar-refractivity contribution in [1.29, 1.82) is 0 Å². The summed E-state index contributed by atoms with van der Waals surface area (Å²) in [6.07, 6.45) is -0.614. The summed E-state index contributed by atoms with van der Waals surface area (Å²) in [5, 5.41) is 19.4. The van der Waals surface area contributed by atoms with Crippen molar-refractivity contribution in [3.63, 3.8) is 0 Å². The maximum atomic E-state index is 12.0. The number of nitrogens with one attached hydrogen (secondary N) is 1. The summed E-state index contributed by atoms with van der Waals surface area (Å²) in [6.45, 7) is 0. The van der Waals surface area contributed by atoms with Crippen LogP contribution in [0.15, 0.2) is 29.2 Å². The van der Waals surface area contributed by atoms with Gasteiger partial charge in [0.15, 0.2) is 0 Å². The Kier molecular flexibility index (Phi) is 5.54. The first-order chi connectivity index (χ1) is 10.1. The van der Waals surface area contributed by atoms with E-state index in [0.29, 0.717) is 0 Å². The minimum atomic E-state index is -4.20. The number of aliphatic carboxylic acids is 1. The average Bonchev–Trinajstić information content (AvgIpc) is 2.43. The van der Waals surface area contributed by atoms with E-state index < -0.39 is 32.9 Å². The summed E-state index contributed by atoms with van der Waals surface area (Å²) in [4.78, 5) is 31.1. The first kappa shape index (κ1) is 17.5. The molecule has 1 rings (SSSR count). The second-order valence-electron chi connectivity index (χ2n) is 4.27. The van der Waals surface area contributed by atoms with Crippen molar-refractivity contribution in [1.82, 2.24) is 4.72 Å². The van der Waals surface area contributed by atoms with Crippen LogP contribution in [-0.4, -0.2) is 36.4 Å². The van der Waals surface area contributed by atoms with Crippen LogP contribution < -0.4 is 10.5 Å². The molecule has 4 N–H and O–H groups in total. The molecule has 0 heterocycles. The Bertz CT molecular complexity index is 684. The number of nitro benzene ring substituents is 1. The second kappa shape index (κ2) is 6.95. The molecule has 10 nitrogen and oxygen atoms in total. The van der Waals surface area contributed by atoms with Crippen LogP contribution >= 0.6 is 0 Å². The number of carbonyl (C=O) groups is 2. The number of carboxylic acids is 1. The fraction of sp³-hybridized carbons (Fsp3) is 0.273. The number of hydrogen-bond acceptors (Lipinski definition) is 6. The molecular formula is C11H13N3O7S. The van der Waals surface area contributed by atoms with Crippen LogP contribution in [0.1, 0.15) is 12.8 Å². The average molecular weight is 331 g/mol. The third-order valence-corrected chi connectivity index (χ3v) is 4.12. The van der Waals surface area contributed by atoms with Gasteiger partial charge in [-0.15, -0.1) is 0 Å². The van der Waals surface area contributed by atoms with Crippen molar-refractivity contribution >= 4 is 27.6 Å². The van der Waals surface area contributed by atoms with Crippen molar-refractivity contribution < 1.29 is 28.0 Å². The lowest BCUT2D eigenvalue weighted by atomic mass is 10.2. The van der Waals surface area contributed by atoms with E-state index in [1.165, 1.54) is 0 Å². The van der Waals surface area contributed by atoms with Gasteiger partial charge >= 0.3 is 5.97 Å². The molecule has 0 spiro atoms. The van der Waals surface area contributed by atoms with Crippen LogP contribution in [0.4, 0.5) is 5.69 Å². The quantitative estimate of drug-likeness (QED) is 0.429. The number of rotatable bonds is 8. The van der Waals surface area contributed by atoms with E-state index in [0.717, 1.165) is 24.3 Å². The molecule has 0 saturated heterocycles. The summed E-state index contributed by atoms with van der Waals surface area (Å²) >= 11 is 0. The molecule has 0 aliphatic rings. The molecule has 0 bridgehead atoms. The molecule has 0 aliphatic heterocycles. The highest BCUT2D eigenvalue weighted by molar-refractivity contribution is 7.89. The van der Waals surface area contributed by atoms with Crippen molar-refractivity contribution in [3.8, 4) is 0 Å². The lowest BCUT2D eigenvalue weighted by molar-refractivity contribution is -0.384. The van der Waals surface area contributed by atoms with Gasteiger partial charge in [0.1, 0.15) is 6.04 Å². The molecule has 0 aromatic heterocycles. The molecule has 11 heteroatoms. The zero-order chi connectivity index (χ0) is 16.9. The highest BCUT2D eigenvalue weighted by atomic mass is 32.2. The number of nitro groups is 1. The Morgan fingerprint density at radius 2 is 1.86 bits per heavy atom. The molecular weight excluding hydrogens is 318 g/mol. The largest absolute Gasteiger partial charge is 0.480 e. The van der Waals surface area contributed by atoms with E-state index in [9.17, 15) is 28.1 Å². The molecule has 1 aromatic carbocycles. The van der Waals surface area contributed by atoms with Crippen LogP contribution in [0.5, 0.6) is 0 Å². The monoisotopic (exact) mass is 331 g/mol. The zero-order valence-electron chi connectivity index (χ0n) is 11.1. The topological polar surface area (TPSA) is 170 Å². The number of carbonyl (C=O) groups excluding carboxylic acids is 1. The molecule has 120 valence electrons. The SMILES string of the molecule is NC(=O)CC[C@H](NS(=O)(=O)c1ccc([N+](=O)[O-])cc1)C(=O)O. The van der Waals surface area contributed by atoms with Crippen LogP contribution in [-0.2, 0) is 19.6 Å². The Labute approximate surface area is 125 Å². The zero-order valence-corrected chi connectivity index (χ0v) is 11.9. The number of benzene rings is 1. The van der Waals surface area contributed by atoms with Gasteiger partial charge in [0.05, 0.1) is 9.82 Å². The van der Waals surface area contributed by atoms with Gasteiger partial charge in [0.2, 0.25) is 15.9 Å². The van der Waals surface area contributed by atoms with Crippen molar-refractivity contribution in [3.05, 3.63) is 34.4 Å². The Hall–Kier alpha value is -2.53. The second-order valence-corrected chi connectivity index (χ2v) is 5.98.